The quantitative estimate of drug-likeness (QED) is 0.646. The Balaban J connectivity index is 1.39. The molecule has 1 N–H and O–H groups in total. The molecule has 0 aliphatic carbocycles. The summed E-state index contributed by atoms with van der Waals surface area (Å²) >= 11 is 0. The van der Waals surface area contributed by atoms with E-state index in [0.29, 0.717) is 19.6 Å². The Labute approximate surface area is 169 Å². The van der Waals surface area contributed by atoms with Crippen molar-refractivity contribution in [1.82, 2.24) is 18.8 Å². The third-order valence-electron chi connectivity index (χ3n) is 5.40. The van der Waals surface area contributed by atoms with Gasteiger partial charge in [-0.3, -0.25) is 5.10 Å². The second-order valence-electron chi connectivity index (χ2n) is 7.60. The number of aromatic amines is 1. The van der Waals surface area contributed by atoms with Crippen molar-refractivity contribution in [2.45, 2.75) is 51.4 Å². The van der Waals surface area contributed by atoms with Gasteiger partial charge in [-0.05, 0) is 38.2 Å². The molecule has 6 nitrogen and oxygen atoms in total. The Hall–Kier alpha value is -1.70. The van der Waals surface area contributed by atoms with Crippen molar-refractivity contribution in [1.29, 1.82) is 0 Å². The van der Waals surface area contributed by atoms with E-state index < -0.39 is 10.2 Å². The number of H-pyrrole nitrogens is 1. The van der Waals surface area contributed by atoms with Crippen molar-refractivity contribution in [3.8, 4) is 11.3 Å². The molecule has 1 aliphatic heterocycles. The van der Waals surface area contributed by atoms with E-state index in [1.165, 1.54) is 4.31 Å². The molecular formula is C21H32N4O2S. The van der Waals surface area contributed by atoms with Crippen LogP contribution in [0.25, 0.3) is 11.3 Å². The van der Waals surface area contributed by atoms with Crippen LogP contribution in [-0.2, 0) is 16.6 Å². The standard InChI is InChI=1S/C21H32N4O2S/c1-24(28(26,27)25-16-10-2-3-11-17-25)15-9-5-8-14-20-18-21(23-22-20)19-12-6-4-7-13-19/h4,6-7,12-13,18H,2-3,5,8-11,14-17H2,1H3,(H,22,23). The maximum atomic E-state index is 12.7. The molecule has 0 bridgehead atoms. The molecule has 1 aromatic carbocycles. The van der Waals surface area contributed by atoms with Gasteiger partial charge in [-0.2, -0.15) is 22.1 Å². The van der Waals surface area contributed by atoms with E-state index in [2.05, 4.69) is 28.4 Å². The van der Waals surface area contributed by atoms with Gasteiger partial charge in [-0.1, -0.05) is 49.6 Å². The maximum Gasteiger partial charge on any atom is 0.281 e. The SMILES string of the molecule is CN(CCCCCc1cc(-c2ccccc2)n[nH]1)S(=O)(=O)N1CCCCCC1. The molecule has 2 heterocycles. The molecule has 0 radical (unpaired) electrons. The summed E-state index contributed by atoms with van der Waals surface area (Å²) < 4.78 is 28.6. The van der Waals surface area contributed by atoms with Gasteiger partial charge < -0.3 is 0 Å². The molecule has 7 heteroatoms. The van der Waals surface area contributed by atoms with Crippen LogP contribution in [0.5, 0.6) is 0 Å². The summed E-state index contributed by atoms with van der Waals surface area (Å²) in [6, 6.07) is 12.2. The highest BCUT2D eigenvalue weighted by Crippen LogP contribution is 2.19. The van der Waals surface area contributed by atoms with Crippen LogP contribution in [0.4, 0.5) is 0 Å². The van der Waals surface area contributed by atoms with Gasteiger partial charge in [0.2, 0.25) is 0 Å². The highest BCUT2D eigenvalue weighted by molar-refractivity contribution is 7.86. The molecule has 3 rings (SSSR count). The normalized spacial score (nSPS) is 16.4. The Morgan fingerprint density at radius 3 is 2.46 bits per heavy atom. The molecule has 1 aliphatic rings. The third kappa shape index (κ3) is 5.65. The number of aromatic nitrogens is 2. The molecule has 0 saturated carbocycles. The minimum absolute atomic E-state index is 0.580. The van der Waals surface area contributed by atoms with Gasteiger partial charge in [0.15, 0.2) is 0 Å². The van der Waals surface area contributed by atoms with Gasteiger partial charge in [0, 0.05) is 37.9 Å². The van der Waals surface area contributed by atoms with E-state index in [1.807, 2.05) is 18.2 Å². The highest BCUT2D eigenvalue weighted by Gasteiger charge is 2.26. The molecular weight excluding hydrogens is 372 g/mol. The maximum absolute atomic E-state index is 12.7. The van der Waals surface area contributed by atoms with E-state index in [-0.39, 0.29) is 0 Å². The summed E-state index contributed by atoms with van der Waals surface area (Å²) in [5.41, 5.74) is 3.22. The number of hydrogen-bond acceptors (Lipinski definition) is 3. The van der Waals surface area contributed by atoms with Gasteiger partial charge in [0.05, 0.1) is 5.69 Å². The predicted molar refractivity (Wildman–Crippen MR) is 113 cm³/mol. The first-order valence-corrected chi connectivity index (χ1v) is 11.8. The summed E-state index contributed by atoms with van der Waals surface area (Å²) in [7, 11) is -1.59. The molecule has 154 valence electrons. The highest BCUT2D eigenvalue weighted by atomic mass is 32.2. The number of rotatable bonds is 9. The van der Waals surface area contributed by atoms with Crippen molar-refractivity contribution < 1.29 is 8.42 Å². The fraction of sp³-hybridized carbons (Fsp3) is 0.571. The number of hydrogen-bond donors (Lipinski definition) is 1. The minimum Gasteiger partial charge on any atom is -0.282 e. The van der Waals surface area contributed by atoms with Crippen molar-refractivity contribution in [2.24, 2.45) is 0 Å². The molecule has 0 amide bonds. The molecule has 0 atom stereocenters. The lowest BCUT2D eigenvalue weighted by Crippen LogP contribution is -2.42. The fourth-order valence-electron chi connectivity index (χ4n) is 3.66. The van der Waals surface area contributed by atoms with Crippen molar-refractivity contribution >= 4 is 10.2 Å². The molecule has 1 aromatic heterocycles. The van der Waals surface area contributed by atoms with E-state index >= 15 is 0 Å². The van der Waals surface area contributed by atoms with Gasteiger partial charge in [0.1, 0.15) is 0 Å². The Kier molecular flexibility index (Phi) is 7.65. The predicted octanol–water partition coefficient (Wildman–Crippen LogP) is 3.84. The van der Waals surface area contributed by atoms with Gasteiger partial charge in [-0.25, -0.2) is 0 Å². The zero-order chi connectivity index (χ0) is 19.8. The summed E-state index contributed by atoms with van der Waals surface area (Å²) in [6.45, 7) is 1.91. The Bertz CT molecular complexity index is 812. The van der Waals surface area contributed by atoms with Crippen LogP contribution in [0.15, 0.2) is 36.4 Å². The van der Waals surface area contributed by atoms with Crippen LogP contribution in [0.3, 0.4) is 0 Å². The average Bonchev–Trinajstić information content (AvgIpc) is 3.00. The van der Waals surface area contributed by atoms with E-state index in [9.17, 15) is 8.42 Å². The fourth-order valence-corrected chi connectivity index (χ4v) is 5.13. The largest absolute Gasteiger partial charge is 0.282 e. The third-order valence-corrected chi connectivity index (χ3v) is 7.39. The average molecular weight is 405 g/mol. The number of unbranched alkanes of at least 4 members (excludes halogenated alkanes) is 2. The monoisotopic (exact) mass is 404 g/mol. The second-order valence-corrected chi connectivity index (χ2v) is 9.63. The van der Waals surface area contributed by atoms with Gasteiger partial charge in [0.25, 0.3) is 10.2 Å². The van der Waals surface area contributed by atoms with Crippen molar-refractivity contribution in [3.63, 3.8) is 0 Å². The van der Waals surface area contributed by atoms with Crippen LogP contribution in [0.2, 0.25) is 0 Å². The lowest BCUT2D eigenvalue weighted by atomic mass is 10.1. The first kappa shape index (κ1) is 21.0. The first-order valence-electron chi connectivity index (χ1n) is 10.4. The molecule has 0 spiro atoms. The molecule has 1 saturated heterocycles. The minimum atomic E-state index is -3.30. The Morgan fingerprint density at radius 1 is 1.04 bits per heavy atom. The van der Waals surface area contributed by atoms with Crippen LogP contribution >= 0.6 is 0 Å². The van der Waals surface area contributed by atoms with Crippen LogP contribution in [-0.4, -0.2) is 53.9 Å². The Morgan fingerprint density at radius 2 is 1.75 bits per heavy atom. The molecule has 0 unspecified atom stereocenters. The van der Waals surface area contributed by atoms with Gasteiger partial charge in [-0.15, -0.1) is 0 Å². The van der Waals surface area contributed by atoms with E-state index in [4.69, 9.17) is 0 Å². The zero-order valence-electron chi connectivity index (χ0n) is 16.8. The number of nitrogens with zero attached hydrogens (tertiary/aromatic N) is 3. The summed E-state index contributed by atoms with van der Waals surface area (Å²) in [6.07, 6.45) is 8.05. The van der Waals surface area contributed by atoms with Crippen LogP contribution in [0, 0.1) is 0 Å². The first-order chi connectivity index (χ1) is 13.6. The zero-order valence-corrected chi connectivity index (χ0v) is 17.6. The lowest BCUT2D eigenvalue weighted by Gasteiger charge is -2.26. The molecule has 1 fully saturated rings. The van der Waals surface area contributed by atoms with E-state index in [1.54, 1.807) is 11.4 Å². The molecule has 28 heavy (non-hydrogen) atoms. The smallest absolute Gasteiger partial charge is 0.281 e. The summed E-state index contributed by atoms with van der Waals surface area (Å²) in [4.78, 5) is 0. The number of aryl methyl sites for hydroxylation is 1. The van der Waals surface area contributed by atoms with Crippen LogP contribution in [0.1, 0.15) is 50.6 Å². The molecule has 2 aromatic rings. The summed E-state index contributed by atoms with van der Waals surface area (Å²) in [5, 5.41) is 7.50. The van der Waals surface area contributed by atoms with Crippen molar-refractivity contribution in [3.05, 3.63) is 42.1 Å². The topological polar surface area (TPSA) is 69.3 Å². The number of nitrogens with one attached hydrogen (secondary N) is 1. The summed E-state index contributed by atoms with van der Waals surface area (Å²) in [5.74, 6) is 0. The van der Waals surface area contributed by atoms with Gasteiger partial charge >= 0.3 is 0 Å². The number of benzene rings is 1. The van der Waals surface area contributed by atoms with Crippen molar-refractivity contribution in [2.75, 3.05) is 26.7 Å². The second kappa shape index (κ2) is 10.2. The van der Waals surface area contributed by atoms with E-state index in [0.717, 1.165) is 68.3 Å². The van der Waals surface area contributed by atoms with Crippen LogP contribution < -0.4 is 0 Å². The lowest BCUT2D eigenvalue weighted by molar-refractivity contribution is 0.361.